The average Bonchev–Trinajstić information content (AvgIpc) is 2.55. The first-order chi connectivity index (χ1) is 10.6. The highest BCUT2D eigenvalue weighted by Gasteiger charge is 2.17. The standard InChI is InChI=1S/C17H28N2O2S/c1-3-15-7-8-17(12-16(15)4-2)22(20,21)19-11-9-14-6-5-10-18-13-14/h7-8,12,14,18-19H,3-6,9-11,13H2,1-2H3. The SMILES string of the molecule is CCc1ccc(S(=O)(=O)NCCC2CCCNC2)cc1CC. The highest BCUT2D eigenvalue weighted by atomic mass is 32.2. The van der Waals surface area contributed by atoms with E-state index in [2.05, 4.69) is 23.9 Å². The lowest BCUT2D eigenvalue weighted by molar-refractivity contribution is 0.358. The van der Waals surface area contributed by atoms with Gasteiger partial charge in [-0.25, -0.2) is 13.1 Å². The van der Waals surface area contributed by atoms with E-state index >= 15 is 0 Å². The third kappa shape index (κ3) is 4.54. The molecule has 1 fully saturated rings. The first-order valence-corrected chi connectivity index (χ1v) is 9.87. The Morgan fingerprint density at radius 1 is 1.23 bits per heavy atom. The lowest BCUT2D eigenvalue weighted by Crippen LogP contribution is -2.33. The number of piperidine rings is 1. The molecule has 1 unspecified atom stereocenters. The van der Waals surface area contributed by atoms with Crippen molar-refractivity contribution in [1.29, 1.82) is 0 Å². The zero-order valence-corrected chi connectivity index (χ0v) is 14.5. The highest BCUT2D eigenvalue weighted by molar-refractivity contribution is 7.89. The molecule has 2 N–H and O–H groups in total. The monoisotopic (exact) mass is 324 g/mol. The summed E-state index contributed by atoms with van der Waals surface area (Å²) in [5.74, 6) is 0.588. The van der Waals surface area contributed by atoms with Crippen LogP contribution in [0.5, 0.6) is 0 Å². The topological polar surface area (TPSA) is 58.2 Å². The molecule has 5 heteroatoms. The second-order valence-electron chi connectivity index (χ2n) is 6.04. The Bertz CT molecular complexity index is 578. The van der Waals surface area contributed by atoms with Crippen molar-refractivity contribution in [2.75, 3.05) is 19.6 Å². The second kappa shape index (κ2) is 8.09. The normalized spacial score (nSPS) is 19.3. The molecule has 1 aliphatic heterocycles. The Balaban J connectivity index is 1.97. The number of nitrogens with one attached hydrogen (secondary N) is 2. The van der Waals surface area contributed by atoms with E-state index in [0.29, 0.717) is 17.4 Å². The maximum Gasteiger partial charge on any atom is 0.240 e. The Labute approximate surface area is 134 Å². The van der Waals surface area contributed by atoms with Crippen LogP contribution in [0.3, 0.4) is 0 Å². The van der Waals surface area contributed by atoms with Gasteiger partial charge in [0.1, 0.15) is 0 Å². The summed E-state index contributed by atoms with van der Waals surface area (Å²) < 4.78 is 27.6. The molecule has 4 nitrogen and oxygen atoms in total. The van der Waals surface area contributed by atoms with Crippen LogP contribution in [0.25, 0.3) is 0 Å². The third-order valence-electron chi connectivity index (χ3n) is 4.49. The largest absolute Gasteiger partial charge is 0.316 e. The first kappa shape index (κ1) is 17.4. The van der Waals surface area contributed by atoms with Gasteiger partial charge in [0.15, 0.2) is 0 Å². The van der Waals surface area contributed by atoms with Gasteiger partial charge >= 0.3 is 0 Å². The molecule has 124 valence electrons. The summed E-state index contributed by atoms with van der Waals surface area (Å²) in [5.41, 5.74) is 2.36. The minimum atomic E-state index is -3.39. The lowest BCUT2D eigenvalue weighted by atomic mass is 9.96. The summed E-state index contributed by atoms with van der Waals surface area (Å²) in [6.07, 6.45) is 5.08. The van der Waals surface area contributed by atoms with Crippen molar-refractivity contribution in [3.8, 4) is 0 Å². The van der Waals surface area contributed by atoms with Crippen molar-refractivity contribution in [2.24, 2.45) is 5.92 Å². The van der Waals surface area contributed by atoms with Crippen molar-refractivity contribution in [2.45, 2.75) is 50.8 Å². The minimum Gasteiger partial charge on any atom is -0.316 e. The first-order valence-electron chi connectivity index (χ1n) is 8.39. The van der Waals surface area contributed by atoms with Gasteiger partial charge in [-0.2, -0.15) is 0 Å². The lowest BCUT2D eigenvalue weighted by Gasteiger charge is -2.22. The molecule has 0 saturated carbocycles. The molecular weight excluding hydrogens is 296 g/mol. The molecule has 1 saturated heterocycles. The van der Waals surface area contributed by atoms with Gasteiger partial charge in [0.05, 0.1) is 4.90 Å². The van der Waals surface area contributed by atoms with Crippen LogP contribution in [-0.2, 0) is 22.9 Å². The van der Waals surface area contributed by atoms with Crippen molar-refractivity contribution in [3.63, 3.8) is 0 Å². The number of hydrogen-bond donors (Lipinski definition) is 2. The highest BCUT2D eigenvalue weighted by Crippen LogP contribution is 2.18. The minimum absolute atomic E-state index is 0.392. The van der Waals surface area contributed by atoms with Crippen LogP contribution in [0.4, 0.5) is 0 Å². The van der Waals surface area contributed by atoms with Gasteiger partial charge < -0.3 is 5.32 Å². The number of sulfonamides is 1. The van der Waals surface area contributed by atoms with Gasteiger partial charge in [0.2, 0.25) is 10.0 Å². The van der Waals surface area contributed by atoms with Gasteiger partial charge in [-0.1, -0.05) is 19.9 Å². The van der Waals surface area contributed by atoms with Gasteiger partial charge in [0.25, 0.3) is 0 Å². The Morgan fingerprint density at radius 2 is 2.00 bits per heavy atom. The van der Waals surface area contributed by atoms with Crippen LogP contribution < -0.4 is 10.0 Å². The predicted octanol–water partition coefficient (Wildman–Crippen LogP) is 2.48. The summed E-state index contributed by atoms with van der Waals surface area (Å²) in [6, 6.07) is 5.49. The summed E-state index contributed by atoms with van der Waals surface area (Å²) in [7, 11) is -3.39. The quantitative estimate of drug-likeness (QED) is 0.810. The van der Waals surface area contributed by atoms with Crippen LogP contribution in [-0.4, -0.2) is 28.1 Å². The molecule has 0 radical (unpaired) electrons. The number of hydrogen-bond acceptors (Lipinski definition) is 3. The third-order valence-corrected chi connectivity index (χ3v) is 5.95. The van der Waals surface area contributed by atoms with Gasteiger partial charge in [0, 0.05) is 6.54 Å². The van der Waals surface area contributed by atoms with E-state index in [9.17, 15) is 8.42 Å². The maximum atomic E-state index is 12.4. The van der Waals surface area contributed by atoms with Crippen LogP contribution in [0.2, 0.25) is 0 Å². The van der Waals surface area contributed by atoms with Gasteiger partial charge in [-0.05, 0) is 74.4 Å². The van der Waals surface area contributed by atoms with E-state index in [1.165, 1.54) is 18.4 Å². The van der Waals surface area contributed by atoms with Crippen molar-refractivity contribution in [1.82, 2.24) is 10.0 Å². The number of aryl methyl sites for hydroxylation is 2. The molecule has 1 aliphatic rings. The molecular formula is C17H28N2O2S. The Hall–Kier alpha value is -0.910. The molecule has 0 spiro atoms. The Kier molecular flexibility index (Phi) is 6.41. The summed E-state index contributed by atoms with van der Waals surface area (Å²) in [6.45, 7) is 6.78. The van der Waals surface area contributed by atoms with Crippen LogP contribution in [0.1, 0.15) is 44.2 Å². The molecule has 0 aliphatic carbocycles. The molecule has 1 aromatic rings. The summed E-state index contributed by atoms with van der Waals surface area (Å²) in [5, 5.41) is 3.36. The van der Waals surface area contributed by atoms with E-state index in [0.717, 1.165) is 37.9 Å². The van der Waals surface area contributed by atoms with Crippen molar-refractivity contribution in [3.05, 3.63) is 29.3 Å². The zero-order chi connectivity index (χ0) is 16.0. The molecule has 1 atom stereocenters. The fourth-order valence-electron chi connectivity index (χ4n) is 3.09. The molecule has 0 amide bonds. The molecule has 1 heterocycles. The van der Waals surface area contributed by atoms with E-state index in [4.69, 9.17) is 0 Å². The Morgan fingerprint density at radius 3 is 2.64 bits per heavy atom. The van der Waals surface area contributed by atoms with E-state index in [1.807, 2.05) is 12.1 Å². The fraction of sp³-hybridized carbons (Fsp3) is 0.647. The molecule has 1 aromatic carbocycles. The zero-order valence-electron chi connectivity index (χ0n) is 13.7. The number of benzene rings is 1. The fourth-order valence-corrected chi connectivity index (χ4v) is 4.19. The smallest absolute Gasteiger partial charge is 0.240 e. The predicted molar refractivity (Wildman–Crippen MR) is 90.6 cm³/mol. The molecule has 2 rings (SSSR count). The maximum absolute atomic E-state index is 12.4. The summed E-state index contributed by atoms with van der Waals surface area (Å²) in [4.78, 5) is 0.392. The average molecular weight is 324 g/mol. The van der Waals surface area contributed by atoms with Crippen LogP contribution in [0, 0.1) is 5.92 Å². The van der Waals surface area contributed by atoms with E-state index in [-0.39, 0.29) is 0 Å². The second-order valence-corrected chi connectivity index (χ2v) is 7.80. The summed E-state index contributed by atoms with van der Waals surface area (Å²) >= 11 is 0. The van der Waals surface area contributed by atoms with Crippen LogP contribution in [0.15, 0.2) is 23.1 Å². The van der Waals surface area contributed by atoms with Crippen molar-refractivity contribution >= 4 is 10.0 Å². The number of rotatable bonds is 7. The molecule has 22 heavy (non-hydrogen) atoms. The van der Waals surface area contributed by atoms with Gasteiger partial charge in [-0.3, -0.25) is 0 Å². The van der Waals surface area contributed by atoms with Crippen molar-refractivity contribution < 1.29 is 8.42 Å². The molecule has 0 bridgehead atoms. The van der Waals surface area contributed by atoms with Gasteiger partial charge in [-0.15, -0.1) is 0 Å². The van der Waals surface area contributed by atoms with E-state index in [1.54, 1.807) is 6.07 Å². The van der Waals surface area contributed by atoms with Crippen LogP contribution >= 0.6 is 0 Å². The molecule has 0 aromatic heterocycles. The van der Waals surface area contributed by atoms with E-state index < -0.39 is 10.0 Å².